The Balaban J connectivity index is 1.61. The Bertz CT molecular complexity index is 430. The molecule has 1 fully saturated rings. The molecule has 3 atom stereocenters. The second-order valence-electron chi connectivity index (χ2n) is 6.42. The SMILES string of the molecule is CCC1CCC(NC)C(CN2CCn3cnnc3C2)C1. The van der Waals surface area contributed by atoms with Crippen LogP contribution in [0.15, 0.2) is 6.33 Å². The zero-order chi connectivity index (χ0) is 13.9. The van der Waals surface area contributed by atoms with Crippen LogP contribution in [0.4, 0.5) is 0 Å². The van der Waals surface area contributed by atoms with Gasteiger partial charge in [0.05, 0.1) is 6.54 Å². The summed E-state index contributed by atoms with van der Waals surface area (Å²) in [6.45, 7) is 6.68. The van der Waals surface area contributed by atoms with Crippen molar-refractivity contribution in [1.29, 1.82) is 0 Å². The third-order valence-corrected chi connectivity index (χ3v) is 5.25. The van der Waals surface area contributed by atoms with Crippen LogP contribution in [-0.2, 0) is 13.1 Å². The molecule has 3 rings (SSSR count). The minimum Gasteiger partial charge on any atom is -0.317 e. The van der Waals surface area contributed by atoms with E-state index in [1.165, 1.54) is 32.2 Å². The van der Waals surface area contributed by atoms with E-state index in [4.69, 9.17) is 0 Å². The number of fused-ring (bicyclic) bond motifs is 1. The van der Waals surface area contributed by atoms with Crippen LogP contribution < -0.4 is 5.32 Å². The van der Waals surface area contributed by atoms with Crippen molar-refractivity contribution in [3.63, 3.8) is 0 Å². The molecule has 0 radical (unpaired) electrons. The summed E-state index contributed by atoms with van der Waals surface area (Å²) < 4.78 is 2.18. The normalized spacial score (nSPS) is 31.2. The molecular weight excluding hydrogens is 250 g/mol. The molecule has 1 N–H and O–H groups in total. The van der Waals surface area contributed by atoms with Crippen molar-refractivity contribution < 1.29 is 0 Å². The Hall–Kier alpha value is -0.940. The standard InChI is InChI=1S/C15H27N5/c1-3-12-4-5-14(16-2)13(8-12)9-19-6-7-20-11-17-18-15(20)10-19/h11-14,16H,3-10H2,1-2H3. The first-order chi connectivity index (χ1) is 9.80. The second kappa shape index (κ2) is 6.22. The van der Waals surface area contributed by atoms with E-state index in [1.807, 2.05) is 6.33 Å². The van der Waals surface area contributed by atoms with Gasteiger partial charge in [-0.15, -0.1) is 10.2 Å². The number of hydrogen-bond acceptors (Lipinski definition) is 4. The van der Waals surface area contributed by atoms with E-state index >= 15 is 0 Å². The fourth-order valence-electron chi connectivity index (χ4n) is 3.92. The maximum absolute atomic E-state index is 4.23. The molecule has 2 aliphatic rings. The van der Waals surface area contributed by atoms with Crippen LogP contribution in [0.2, 0.25) is 0 Å². The summed E-state index contributed by atoms with van der Waals surface area (Å²) in [6, 6.07) is 0.692. The maximum Gasteiger partial charge on any atom is 0.147 e. The lowest BCUT2D eigenvalue weighted by molar-refractivity contribution is 0.122. The molecule has 5 nitrogen and oxygen atoms in total. The predicted molar refractivity (Wildman–Crippen MR) is 79.3 cm³/mol. The molecule has 1 saturated carbocycles. The first kappa shape index (κ1) is 14.0. The van der Waals surface area contributed by atoms with Crippen molar-refractivity contribution in [1.82, 2.24) is 25.0 Å². The average Bonchev–Trinajstić information content (AvgIpc) is 2.94. The van der Waals surface area contributed by atoms with Gasteiger partial charge in [-0.05, 0) is 38.1 Å². The number of aromatic nitrogens is 3. The predicted octanol–water partition coefficient (Wildman–Crippen LogP) is 1.51. The van der Waals surface area contributed by atoms with E-state index in [9.17, 15) is 0 Å². The van der Waals surface area contributed by atoms with Crippen molar-refractivity contribution >= 4 is 0 Å². The van der Waals surface area contributed by atoms with Crippen LogP contribution in [-0.4, -0.2) is 45.8 Å². The van der Waals surface area contributed by atoms with Crippen molar-refractivity contribution in [3.8, 4) is 0 Å². The van der Waals surface area contributed by atoms with Crippen LogP contribution in [0.5, 0.6) is 0 Å². The summed E-state index contributed by atoms with van der Waals surface area (Å²) in [4.78, 5) is 2.57. The summed E-state index contributed by atoms with van der Waals surface area (Å²) in [5, 5.41) is 11.8. The van der Waals surface area contributed by atoms with Crippen molar-refractivity contribution in [3.05, 3.63) is 12.2 Å². The van der Waals surface area contributed by atoms with Crippen LogP contribution >= 0.6 is 0 Å². The molecule has 0 amide bonds. The first-order valence-electron chi connectivity index (χ1n) is 8.06. The van der Waals surface area contributed by atoms with Gasteiger partial charge in [-0.2, -0.15) is 0 Å². The number of nitrogens with zero attached hydrogens (tertiary/aromatic N) is 4. The zero-order valence-corrected chi connectivity index (χ0v) is 12.8. The summed E-state index contributed by atoms with van der Waals surface area (Å²) in [7, 11) is 2.12. The van der Waals surface area contributed by atoms with Crippen molar-refractivity contribution in [2.45, 2.75) is 51.7 Å². The van der Waals surface area contributed by atoms with Gasteiger partial charge in [0.2, 0.25) is 0 Å². The Kier molecular flexibility index (Phi) is 4.36. The second-order valence-corrected chi connectivity index (χ2v) is 6.42. The molecule has 1 aliphatic heterocycles. The maximum atomic E-state index is 4.23. The van der Waals surface area contributed by atoms with Gasteiger partial charge in [0.15, 0.2) is 0 Å². The van der Waals surface area contributed by atoms with E-state index in [1.54, 1.807) is 0 Å². The van der Waals surface area contributed by atoms with E-state index in [2.05, 4.69) is 39.0 Å². The molecule has 0 bridgehead atoms. The minimum atomic E-state index is 0.692. The monoisotopic (exact) mass is 277 g/mol. The summed E-state index contributed by atoms with van der Waals surface area (Å²) in [6.07, 6.45) is 7.31. The van der Waals surface area contributed by atoms with Gasteiger partial charge in [0.25, 0.3) is 0 Å². The highest BCUT2D eigenvalue weighted by Crippen LogP contribution is 2.32. The van der Waals surface area contributed by atoms with Crippen LogP contribution in [0, 0.1) is 11.8 Å². The van der Waals surface area contributed by atoms with Crippen LogP contribution in [0.25, 0.3) is 0 Å². The lowest BCUT2D eigenvalue weighted by Gasteiger charge is -2.39. The molecule has 1 aliphatic carbocycles. The lowest BCUT2D eigenvalue weighted by atomic mass is 9.76. The lowest BCUT2D eigenvalue weighted by Crippen LogP contribution is -2.46. The van der Waals surface area contributed by atoms with Gasteiger partial charge in [-0.1, -0.05) is 13.3 Å². The third kappa shape index (κ3) is 2.88. The quantitative estimate of drug-likeness (QED) is 0.906. The smallest absolute Gasteiger partial charge is 0.147 e. The Labute approximate surface area is 121 Å². The van der Waals surface area contributed by atoms with Gasteiger partial charge in [0, 0.05) is 25.7 Å². The summed E-state index contributed by atoms with van der Waals surface area (Å²) in [5.74, 6) is 2.84. The van der Waals surface area contributed by atoms with Gasteiger partial charge < -0.3 is 9.88 Å². The van der Waals surface area contributed by atoms with Gasteiger partial charge in [0.1, 0.15) is 12.2 Å². The number of nitrogens with one attached hydrogen (secondary N) is 1. The highest BCUT2D eigenvalue weighted by molar-refractivity contribution is 4.92. The highest BCUT2D eigenvalue weighted by atomic mass is 15.3. The van der Waals surface area contributed by atoms with Crippen LogP contribution in [0.3, 0.4) is 0 Å². The van der Waals surface area contributed by atoms with Crippen LogP contribution in [0.1, 0.15) is 38.4 Å². The summed E-state index contributed by atoms with van der Waals surface area (Å²) in [5.41, 5.74) is 0. The fourth-order valence-corrected chi connectivity index (χ4v) is 3.92. The third-order valence-electron chi connectivity index (χ3n) is 5.25. The van der Waals surface area contributed by atoms with E-state index in [-0.39, 0.29) is 0 Å². The van der Waals surface area contributed by atoms with Gasteiger partial charge in [-0.25, -0.2) is 0 Å². The minimum absolute atomic E-state index is 0.692. The largest absolute Gasteiger partial charge is 0.317 e. The summed E-state index contributed by atoms with van der Waals surface area (Å²) >= 11 is 0. The Morgan fingerprint density at radius 1 is 1.35 bits per heavy atom. The molecule has 5 heteroatoms. The topological polar surface area (TPSA) is 46.0 Å². The highest BCUT2D eigenvalue weighted by Gasteiger charge is 2.31. The molecule has 1 aromatic heterocycles. The molecule has 1 aromatic rings. The molecule has 2 heterocycles. The number of hydrogen-bond donors (Lipinski definition) is 1. The van der Waals surface area contributed by atoms with Gasteiger partial charge in [-0.3, -0.25) is 4.90 Å². The van der Waals surface area contributed by atoms with Gasteiger partial charge >= 0.3 is 0 Å². The zero-order valence-electron chi connectivity index (χ0n) is 12.8. The van der Waals surface area contributed by atoms with E-state index in [0.29, 0.717) is 6.04 Å². The molecule has 0 saturated heterocycles. The Morgan fingerprint density at radius 3 is 3.05 bits per heavy atom. The van der Waals surface area contributed by atoms with E-state index in [0.717, 1.165) is 37.3 Å². The Morgan fingerprint density at radius 2 is 2.25 bits per heavy atom. The molecule has 0 aromatic carbocycles. The first-order valence-corrected chi connectivity index (χ1v) is 8.06. The van der Waals surface area contributed by atoms with E-state index < -0.39 is 0 Å². The van der Waals surface area contributed by atoms with Crippen molar-refractivity contribution in [2.75, 3.05) is 20.1 Å². The van der Waals surface area contributed by atoms with Crippen molar-refractivity contribution in [2.24, 2.45) is 11.8 Å². The molecule has 20 heavy (non-hydrogen) atoms. The fraction of sp³-hybridized carbons (Fsp3) is 0.867. The molecule has 3 unspecified atom stereocenters. The molecule has 112 valence electrons. The average molecular weight is 277 g/mol. The number of rotatable bonds is 4. The molecule has 0 spiro atoms. The molecular formula is C15H27N5.